The molecule has 0 radical (unpaired) electrons. The van der Waals surface area contributed by atoms with E-state index < -0.39 is 9.84 Å². The van der Waals surface area contributed by atoms with Crippen molar-refractivity contribution in [3.05, 3.63) is 58.3 Å². The van der Waals surface area contributed by atoms with E-state index >= 15 is 0 Å². The van der Waals surface area contributed by atoms with Crippen LogP contribution in [0.15, 0.2) is 47.8 Å². The second-order valence-electron chi connectivity index (χ2n) is 6.23. The molecule has 1 saturated heterocycles. The summed E-state index contributed by atoms with van der Waals surface area (Å²) in [6, 6.07) is 14.3. The molecule has 1 atom stereocenters. The maximum atomic E-state index is 11.9. The predicted molar refractivity (Wildman–Crippen MR) is 108 cm³/mol. The average Bonchev–Trinajstić information content (AvgIpc) is 3.22. The third kappa shape index (κ3) is 5.26. The van der Waals surface area contributed by atoms with Gasteiger partial charge >= 0.3 is 0 Å². The molecule has 1 aliphatic heterocycles. The van der Waals surface area contributed by atoms with Crippen molar-refractivity contribution in [2.45, 2.75) is 25.4 Å². The molecule has 3 rings (SSSR count). The van der Waals surface area contributed by atoms with E-state index in [0.717, 1.165) is 13.0 Å². The van der Waals surface area contributed by atoms with Gasteiger partial charge in [-0.25, -0.2) is 8.42 Å². The first-order chi connectivity index (χ1) is 12.0. The molecule has 0 amide bonds. The summed E-state index contributed by atoms with van der Waals surface area (Å²) in [7, 11) is -2.94. The molecule has 1 aromatic carbocycles. The third-order valence-electron chi connectivity index (χ3n) is 4.35. The number of rotatable bonds is 6. The van der Waals surface area contributed by atoms with Crippen LogP contribution in [0.2, 0.25) is 0 Å². The quantitative estimate of drug-likeness (QED) is 0.764. The molecule has 134 valence electrons. The Morgan fingerprint density at radius 3 is 2.68 bits per heavy atom. The van der Waals surface area contributed by atoms with Crippen LogP contribution < -0.4 is 5.32 Å². The monoisotopic (exact) mass is 394 g/mol. The minimum atomic E-state index is -2.94. The molecular formula is C18H22N2O2S3. The first kappa shape index (κ1) is 18.4. The molecule has 0 bridgehead atoms. The Hall–Kier alpha value is -1.44. The Labute approximate surface area is 158 Å². The zero-order chi connectivity index (χ0) is 17.7. The molecule has 7 heteroatoms. The molecule has 2 heterocycles. The fourth-order valence-electron chi connectivity index (χ4n) is 3.02. The molecule has 25 heavy (non-hydrogen) atoms. The van der Waals surface area contributed by atoms with Gasteiger partial charge < -0.3 is 10.2 Å². The van der Waals surface area contributed by atoms with E-state index in [-0.39, 0.29) is 17.5 Å². The lowest BCUT2D eigenvalue weighted by atomic mass is 10.1. The topological polar surface area (TPSA) is 49.4 Å². The van der Waals surface area contributed by atoms with Gasteiger partial charge in [0.05, 0.1) is 18.1 Å². The first-order valence-corrected chi connectivity index (χ1v) is 11.5. The van der Waals surface area contributed by atoms with Gasteiger partial charge in [-0.1, -0.05) is 36.4 Å². The van der Waals surface area contributed by atoms with Crippen molar-refractivity contribution in [3.8, 4) is 0 Å². The molecule has 4 nitrogen and oxygen atoms in total. The van der Waals surface area contributed by atoms with Crippen molar-refractivity contribution in [2.75, 3.05) is 18.1 Å². The fourth-order valence-corrected chi connectivity index (χ4v) is 5.77. The second kappa shape index (κ2) is 8.29. The number of sulfone groups is 1. The van der Waals surface area contributed by atoms with Gasteiger partial charge in [-0.3, -0.25) is 0 Å². The molecule has 1 aromatic heterocycles. The minimum Gasteiger partial charge on any atom is -0.362 e. The van der Waals surface area contributed by atoms with E-state index in [4.69, 9.17) is 12.2 Å². The van der Waals surface area contributed by atoms with E-state index in [1.807, 2.05) is 29.6 Å². The van der Waals surface area contributed by atoms with Crippen LogP contribution >= 0.6 is 23.6 Å². The van der Waals surface area contributed by atoms with Crippen molar-refractivity contribution < 1.29 is 8.42 Å². The summed E-state index contributed by atoms with van der Waals surface area (Å²) in [4.78, 5) is 3.24. The lowest BCUT2D eigenvalue weighted by molar-refractivity contribution is 0.325. The summed E-state index contributed by atoms with van der Waals surface area (Å²) < 4.78 is 23.8. The minimum absolute atomic E-state index is 0.0381. The van der Waals surface area contributed by atoms with Crippen LogP contribution in [0.1, 0.15) is 16.9 Å². The molecule has 0 saturated carbocycles. The van der Waals surface area contributed by atoms with E-state index in [2.05, 4.69) is 28.4 Å². The highest BCUT2D eigenvalue weighted by Gasteiger charge is 2.33. The molecular weight excluding hydrogens is 372 g/mol. The Morgan fingerprint density at radius 1 is 1.24 bits per heavy atom. The van der Waals surface area contributed by atoms with Gasteiger partial charge in [0.1, 0.15) is 0 Å². The number of hydrogen-bond acceptors (Lipinski definition) is 4. The highest BCUT2D eigenvalue weighted by atomic mass is 32.2. The molecule has 0 aliphatic carbocycles. The van der Waals surface area contributed by atoms with Gasteiger partial charge in [0.15, 0.2) is 14.9 Å². The zero-order valence-corrected chi connectivity index (χ0v) is 16.4. The summed E-state index contributed by atoms with van der Waals surface area (Å²) in [5.74, 6) is 0.449. The number of benzene rings is 1. The van der Waals surface area contributed by atoms with Crippen molar-refractivity contribution >= 4 is 38.5 Å². The molecule has 1 fully saturated rings. The van der Waals surface area contributed by atoms with Crippen molar-refractivity contribution in [3.63, 3.8) is 0 Å². The van der Waals surface area contributed by atoms with Crippen LogP contribution in [0.4, 0.5) is 0 Å². The number of thiocarbonyl (C=S) groups is 1. The smallest absolute Gasteiger partial charge is 0.169 e. The maximum absolute atomic E-state index is 11.9. The Bertz CT molecular complexity index is 789. The van der Waals surface area contributed by atoms with E-state index in [1.165, 1.54) is 10.4 Å². The lowest BCUT2D eigenvalue weighted by Crippen LogP contribution is -2.46. The van der Waals surface area contributed by atoms with Gasteiger partial charge in [0.2, 0.25) is 0 Å². The second-order valence-corrected chi connectivity index (χ2v) is 9.88. The molecule has 1 aliphatic rings. The van der Waals surface area contributed by atoms with Crippen LogP contribution in [0.5, 0.6) is 0 Å². The lowest BCUT2D eigenvalue weighted by Gasteiger charge is -2.30. The Kier molecular flexibility index (Phi) is 6.09. The number of thiophene rings is 1. The van der Waals surface area contributed by atoms with E-state index in [0.29, 0.717) is 18.1 Å². The van der Waals surface area contributed by atoms with E-state index in [9.17, 15) is 8.42 Å². The van der Waals surface area contributed by atoms with Crippen LogP contribution in [-0.2, 0) is 22.8 Å². The summed E-state index contributed by atoms with van der Waals surface area (Å²) >= 11 is 7.27. The number of hydrogen-bond donors (Lipinski definition) is 1. The van der Waals surface area contributed by atoms with Gasteiger partial charge in [-0.15, -0.1) is 11.3 Å². The Balaban J connectivity index is 1.62. The SMILES string of the molecule is O=S1(=O)CC[C@@H](N(Cc2cccs2)C(=S)NCCc2ccccc2)C1. The zero-order valence-electron chi connectivity index (χ0n) is 13.9. The molecule has 0 spiro atoms. The highest BCUT2D eigenvalue weighted by molar-refractivity contribution is 7.91. The van der Waals surface area contributed by atoms with Crippen LogP contribution in [0, 0.1) is 0 Å². The standard InChI is InChI=1S/C18H22N2O2S3/c21-25(22)12-9-16(14-25)20(13-17-7-4-11-24-17)18(23)19-10-8-15-5-2-1-3-6-15/h1-7,11,16H,8-10,12-14H2,(H,19,23)/t16-/m1/s1. The van der Waals surface area contributed by atoms with Crippen LogP contribution in [-0.4, -0.2) is 42.5 Å². The first-order valence-electron chi connectivity index (χ1n) is 8.35. The Morgan fingerprint density at radius 2 is 2.04 bits per heavy atom. The summed E-state index contributed by atoms with van der Waals surface area (Å²) in [5, 5.41) is 5.99. The van der Waals surface area contributed by atoms with Crippen molar-refractivity contribution in [2.24, 2.45) is 0 Å². The van der Waals surface area contributed by atoms with Crippen molar-refractivity contribution in [1.29, 1.82) is 0 Å². The highest BCUT2D eigenvalue weighted by Crippen LogP contribution is 2.22. The average molecular weight is 395 g/mol. The molecule has 0 unspecified atom stereocenters. The summed E-state index contributed by atoms with van der Waals surface area (Å²) in [6.07, 6.45) is 1.53. The number of nitrogens with zero attached hydrogens (tertiary/aromatic N) is 1. The fraction of sp³-hybridized carbons (Fsp3) is 0.389. The largest absolute Gasteiger partial charge is 0.362 e. The van der Waals surface area contributed by atoms with Crippen molar-refractivity contribution in [1.82, 2.24) is 10.2 Å². The summed E-state index contributed by atoms with van der Waals surface area (Å²) in [6.45, 7) is 1.40. The third-order valence-corrected chi connectivity index (χ3v) is 7.34. The molecule has 2 aromatic rings. The van der Waals surface area contributed by atoms with Gasteiger partial charge in [0, 0.05) is 17.5 Å². The predicted octanol–water partition coefficient (Wildman–Crippen LogP) is 2.85. The normalized spacial score (nSPS) is 18.8. The van der Waals surface area contributed by atoms with E-state index in [1.54, 1.807) is 11.3 Å². The van der Waals surface area contributed by atoms with Crippen LogP contribution in [0.25, 0.3) is 0 Å². The van der Waals surface area contributed by atoms with Gasteiger partial charge in [0.25, 0.3) is 0 Å². The van der Waals surface area contributed by atoms with Crippen LogP contribution in [0.3, 0.4) is 0 Å². The number of nitrogens with one attached hydrogen (secondary N) is 1. The van der Waals surface area contributed by atoms with Gasteiger partial charge in [-0.2, -0.15) is 0 Å². The maximum Gasteiger partial charge on any atom is 0.169 e. The van der Waals surface area contributed by atoms with Gasteiger partial charge in [-0.05, 0) is 42.1 Å². The molecule has 1 N–H and O–H groups in total. The summed E-state index contributed by atoms with van der Waals surface area (Å²) in [5.41, 5.74) is 1.26.